The lowest BCUT2D eigenvalue weighted by Gasteiger charge is -2.31. The molecule has 134 valence electrons. The van der Waals surface area contributed by atoms with Crippen LogP contribution in [0.2, 0.25) is 0 Å². The summed E-state index contributed by atoms with van der Waals surface area (Å²) in [5.41, 5.74) is 0.554. The Hall–Kier alpha value is -1.68. The zero-order chi connectivity index (χ0) is 17.1. The first-order chi connectivity index (χ1) is 12.3. The van der Waals surface area contributed by atoms with Gasteiger partial charge >= 0.3 is 0 Å². The van der Waals surface area contributed by atoms with Gasteiger partial charge in [-0.3, -0.25) is 4.90 Å². The summed E-state index contributed by atoms with van der Waals surface area (Å²) in [7, 11) is 0. The fraction of sp³-hybridized carbons (Fsp3) is 0.684. The van der Waals surface area contributed by atoms with E-state index < -0.39 is 0 Å². The summed E-state index contributed by atoms with van der Waals surface area (Å²) in [6.07, 6.45) is 5.23. The molecule has 0 N–H and O–H groups in total. The molecule has 0 bridgehead atoms. The van der Waals surface area contributed by atoms with E-state index in [0.717, 1.165) is 52.2 Å². The Bertz CT molecular complexity index is 609. The van der Waals surface area contributed by atoms with Gasteiger partial charge in [0.25, 0.3) is 0 Å². The molecule has 3 atom stereocenters. The Labute approximate surface area is 148 Å². The van der Waals surface area contributed by atoms with Crippen LogP contribution in [-0.2, 0) is 9.47 Å². The molecule has 4 heterocycles. The molecular weight excluding hydrogens is 318 g/mol. The van der Waals surface area contributed by atoms with Crippen molar-refractivity contribution in [3.8, 4) is 11.9 Å². The quantitative estimate of drug-likeness (QED) is 0.813. The highest BCUT2D eigenvalue weighted by Gasteiger charge is 2.45. The van der Waals surface area contributed by atoms with Crippen LogP contribution < -0.4 is 4.74 Å². The maximum Gasteiger partial charge on any atom is 0.213 e. The summed E-state index contributed by atoms with van der Waals surface area (Å²) in [6, 6.07) is 6.23. The van der Waals surface area contributed by atoms with E-state index in [1.165, 1.54) is 0 Å². The second-order valence-corrected chi connectivity index (χ2v) is 7.23. The van der Waals surface area contributed by atoms with Gasteiger partial charge in [0.1, 0.15) is 6.07 Å². The third kappa shape index (κ3) is 3.79. The molecule has 0 radical (unpaired) electrons. The van der Waals surface area contributed by atoms with E-state index in [1.54, 1.807) is 18.3 Å². The maximum absolute atomic E-state index is 8.80. The highest BCUT2D eigenvalue weighted by Crippen LogP contribution is 2.37. The van der Waals surface area contributed by atoms with Gasteiger partial charge in [-0.2, -0.15) is 5.26 Å². The molecule has 25 heavy (non-hydrogen) atoms. The van der Waals surface area contributed by atoms with Crippen molar-refractivity contribution >= 4 is 0 Å². The average molecular weight is 343 g/mol. The van der Waals surface area contributed by atoms with E-state index >= 15 is 0 Å². The van der Waals surface area contributed by atoms with Crippen molar-refractivity contribution in [2.24, 2.45) is 11.8 Å². The predicted octanol–water partition coefficient (Wildman–Crippen LogP) is 1.85. The van der Waals surface area contributed by atoms with E-state index in [4.69, 9.17) is 19.5 Å². The first-order valence-electron chi connectivity index (χ1n) is 9.26. The fourth-order valence-electron chi connectivity index (χ4n) is 4.32. The number of nitrogens with zero attached hydrogens (tertiary/aromatic N) is 3. The summed E-state index contributed by atoms with van der Waals surface area (Å²) in [4.78, 5) is 6.78. The molecule has 6 nitrogen and oxygen atoms in total. The van der Waals surface area contributed by atoms with E-state index in [1.807, 2.05) is 0 Å². The Morgan fingerprint density at radius 1 is 1.28 bits per heavy atom. The van der Waals surface area contributed by atoms with Crippen LogP contribution >= 0.6 is 0 Å². The monoisotopic (exact) mass is 343 g/mol. The van der Waals surface area contributed by atoms with Crippen LogP contribution in [0.25, 0.3) is 0 Å². The van der Waals surface area contributed by atoms with E-state index in [0.29, 0.717) is 42.0 Å². The minimum absolute atomic E-state index is 0.390. The van der Waals surface area contributed by atoms with Gasteiger partial charge in [0.2, 0.25) is 5.88 Å². The summed E-state index contributed by atoms with van der Waals surface area (Å²) >= 11 is 0. The van der Waals surface area contributed by atoms with Gasteiger partial charge in [0.05, 0.1) is 24.9 Å². The summed E-state index contributed by atoms with van der Waals surface area (Å²) in [5.74, 6) is 1.78. The number of ether oxygens (including phenoxy) is 3. The number of hydrogen-bond acceptors (Lipinski definition) is 6. The average Bonchev–Trinajstić information content (AvgIpc) is 3.25. The second kappa shape index (κ2) is 7.69. The van der Waals surface area contributed by atoms with Crippen LogP contribution in [-0.4, -0.2) is 61.5 Å². The van der Waals surface area contributed by atoms with Crippen LogP contribution in [0.1, 0.15) is 24.8 Å². The molecule has 4 rings (SSSR count). The molecule has 0 aromatic carbocycles. The van der Waals surface area contributed by atoms with Gasteiger partial charge in [-0.25, -0.2) is 4.98 Å². The zero-order valence-corrected chi connectivity index (χ0v) is 14.5. The van der Waals surface area contributed by atoms with E-state index in [2.05, 4.69) is 16.0 Å². The SMILES string of the molecule is N#Cc1ccc(OCC[C@H]2CO[C@H]3CN(C4CCOCC4)C[C@@H]23)nc1. The molecule has 0 aliphatic carbocycles. The topological polar surface area (TPSA) is 67.6 Å². The number of nitriles is 1. The second-order valence-electron chi connectivity index (χ2n) is 7.23. The van der Waals surface area contributed by atoms with Crippen molar-refractivity contribution in [3.05, 3.63) is 23.9 Å². The Balaban J connectivity index is 1.25. The molecule has 3 saturated heterocycles. The number of pyridine rings is 1. The highest BCUT2D eigenvalue weighted by atomic mass is 16.5. The normalized spacial score (nSPS) is 30.1. The number of likely N-dealkylation sites (tertiary alicyclic amines) is 1. The van der Waals surface area contributed by atoms with Crippen molar-refractivity contribution < 1.29 is 14.2 Å². The van der Waals surface area contributed by atoms with Gasteiger partial charge in [-0.05, 0) is 31.2 Å². The molecule has 6 heteroatoms. The van der Waals surface area contributed by atoms with E-state index in [9.17, 15) is 0 Å². The standard InChI is InChI=1S/C19H25N3O3/c20-9-14-1-2-19(21-10-14)24-8-3-15-13-25-18-12-22(11-17(15)18)16-4-6-23-7-5-16/h1-2,10,15-18H,3-8,11-13H2/t15-,17-,18-/m0/s1. The smallest absolute Gasteiger partial charge is 0.213 e. The van der Waals surface area contributed by atoms with Gasteiger partial charge in [0, 0.05) is 50.5 Å². The molecule has 0 spiro atoms. The molecule has 0 unspecified atom stereocenters. The lowest BCUT2D eigenvalue weighted by Crippen LogP contribution is -2.39. The third-order valence-electron chi connectivity index (χ3n) is 5.78. The van der Waals surface area contributed by atoms with Crippen LogP contribution in [0.15, 0.2) is 18.3 Å². The largest absolute Gasteiger partial charge is 0.478 e. The molecular formula is C19H25N3O3. The van der Waals surface area contributed by atoms with Crippen molar-refractivity contribution in [1.29, 1.82) is 5.26 Å². The zero-order valence-electron chi connectivity index (χ0n) is 14.5. The molecule has 3 aliphatic heterocycles. The number of aromatic nitrogens is 1. The van der Waals surface area contributed by atoms with Crippen molar-refractivity contribution in [2.45, 2.75) is 31.4 Å². The Kier molecular flexibility index (Phi) is 5.16. The first kappa shape index (κ1) is 16.8. The van der Waals surface area contributed by atoms with Crippen molar-refractivity contribution in [3.63, 3.8) is 0 Å². The fourth-order valence-corrected chi connectivity index (χ4v) is 4.32. The predicted molar refractivity (Wildman–Crippen MR) is 91.2 cm³/mol. The summed E-state index contributed by atoms with van der Waals surface area (Å²) in [6.45, 7) is 5.51. The summed E-state index contributed by atoms with van der Waals surface area (Å²) in [5, 5.41) is 8.80. The van der Waals surface area contributed by atoms with Crippen molar-refractivity contribution in [1.82, 2.24) is 9.88 Å². The van der Waals surface area contributed by atoms with Gasteiger partial charge in [-0.15, -0.1) is 0 Å². The van der Waals surface area contributed by atoms with Crippen molar-refractivity contribution in [2.75, 3.05) is 39.5 Å². The minimum atomic E-state index is 0.390. The molecule has 1 aromatic rings. The number of rotatable bonds is 5. The summed E-state index contributed by atoms with van der Waals surface area (Å²) < 4.78 is 17.3. The molecule has 3 aliphatic rings. The van der Waals surface area contributed by atoms with E-state index in [-0.39, 0.29) is 0 Å². The highest BCUT2D eigenvalue weighted by molar-refractivity contribution is 5.28. The lowest BCUT2D eigenvalue weighted by molar-refractivity contribution is 0.0279. The first-order valence-corrected chi connectivity index (χ1v) is 9.26. The van der Waals surface area contributed by atoms with Crippen LogP contribution in [0.3, 0.4) is 0 Å². The Morgan fingerprint density at radius 3 is 2.92 bits per heavy atom. The molecule has 0 saturated carbocycles. The van der Waals surface area contributed by atoms with Crippen LogP contribution in [0, 0.1) is 23.2 Å². The third-order valence-corrected chi connectivity index (χ3v) is 5.78. The minimum Gasteiger partial charge on any atom is -0.478 e. The van der Waals surface area contributed by atoms with Crippen LogP contribution in [0.5, 0.6) is 5.88 Å². The molecule has 1 aromatic heterocycles. The van der Waals surface area contributed by atoms with Gasteiger partial charge in [-0.1, -0.05) is 0 Å². The number of fused-ring (bicyclic) bond motifs is 1. The molecule has 0 amide bonds. The van der Waals surface area contributed by atoms with Gasteiger partial charge in [0.15, 0.2) is 0 Å². The Morgan fingerprint density at radius 2 is 2.16 bits per heavy atom. The van der Waals surface area contributed by atoms with Gasteiger partial charge < -0.3 is 14.2 Å². The molecule has 3 fully saturated rings. The lowest BCUT2D eigenvalue weighted by atomic mass is 9.91. The number of hydrogen-bond donors (Lipinski definition) is 0. The maximum atomic E-state index is 8.80. The van der Waals surface area contributed by atoms with Crippen LogP contribution in [0.4, 0.5) is 0 Å².